The highest BCUT2D eigenvalue weighted by atomic mass is 16.6. The minimum atomic E-state index is -0.953. The van der Waals surface area contributed by atoms with Crippen molar-refractivity contribution in [3.05, 3.63) is 95.2 Å². The minimum absolute atomic E-state index is 0.0362. The third kappa shape index (κ3) is 16.0. The number of rotatable bonds is 16. The van der Waals surface area contributed by atoms with Crippen molar-refractivity contribution >= 4 is 58.6 Å². The third-order valence-corrected chi connectivity index (χ3v) is 8.48. The lowest BCUT2D eigenvalue weighted by atomic mass is 10.1. The molecule has 1 heterocycles. The van der Waals surface area contributed by atoms with Gasteiger partial charge in [-0.15, -0.1) is 4.99 Å². The molecule has 0 saturated heterocycles. The number of aliphatic imine (C=N–C) groups is 1. The van der Waals surface area contributed by atoms with E-state index in [-0.39, 0.29) is 49.3 Å². The molecular weight excluding hydrogens is 801 g/mol. The van der Waals surface area contributed by atoms with E-state index in [1.807, 2.05) is 13.8 Å². The molecule has 62 heavy (non-hydrogen) atoms. The summed E-state index contributed by atoms with van der Waals surface area (Å²) in [5.41, 5.74) is 0.758. The Balaban J connectivity index is 1.45. The van der Waals surface area contributed by atoms with E-state index in [1.54, 1.807) is 77.9 Å². The summed E-state index contributed by atoms with van der Waals surface area (Å²) in [6.45, 7) is 14.3. The smallest absolute Gasteiger partial charge is 0.437 e. The maximum Gasteiger partial charge on any atom is 0.437 e. The van der Waals surface area contributed by atoms with Gasteiger partial charge in [-0.25, -0.2) is 19.2 Å². The molecule has 0 spiro atoms. The molecule has 0 aliphatic heterocycles. The van der Waals surface area contributed by atoms with Crippen molar-refractivity contribution in [2.45, 2.75) is 105 Å². The molecule has 2 N–H and O–H groups in total. The van der Waals surface area contributed by atoms with E-state index in [0.29, 0.717) is 46.4 Å². The number of furan rings is 1. The highest BCUT2D eigenvalue weighted by Crippen LogP contribution is 2.27. The van der Waals surface area contributed by atoms with Gasteiger partial charge < -0.3 is 38.3 Å². The van der Waals surface area contributed by atoms with Crippen LogP contribution in [0.5, 0.6) is 5.75 Å². The van der Waals surface area contributed by atoms with Crippen molar-refractivity contribution in [3.8, 4) is 5.75 Å². The molecule has 16 heteroatoms. The topological polar surface area (TPSA) is 201 Å². The molecule has 0 atom stereocenters. The van der Waals surface area contributed by atoms with Crippen molar-refractivity contribution < 1.29 is 56.9 Å². The summed E-state index contributed by atoms with van der Waals surface area (Å²) in [6.07, 6.45) is 2.66. The Kier molecular flexibility index (Phi) is 17.2. The maximum absolute atomic E-state index is 13.8. The summed E-state index contributed by atoms with van der Waals surface area (Å²) in [5, 5.41) is 5.82. The quantitative estimate of drug-likeness (QED) is 0.0271. The molecular formula is C46H56N4O12. The fourth-order valence-electron chi connectivity index (χ4n) is 5.57. The van der Waals surface area contributed by atoms with Crippen molar-refractivity contribution in [1.29, 1.82) is 0 Å². The normalized spacial score (nSPS) is 11.6. The summed E-state index contributed by atoms with van der Waals surface area (Å²) in [5.74, 6) is -2.18. The first-order valence-corrected chi connectivity index (χ1v) is 20.4. The first kappa shape index (κ1) is 48.0. The monoisotopic (exact) mass is 856 g/mol. The number of carbonyl (C=O) groups excluding carboxylic acids is 6. The Hall–Kier alpha value is -6.71. The molecule has 0 radical (unpaired) electrons. The number of alkyl carbamates (subject to hydrolysis) is 1. The molecule has 0 unspecified atom stereocenters. The fraction of sp³-hybridized carbons (Fsp3) is 0.413. The van der Waals surface area contributed by atoms with Crippen LogP contribution in [-0.2, 0) is 41.5 Å². The second-order valence-electron chi connectivity index (χ2n) is 16.3. The molecule has 0 aliphatic carbocycles. The van der Waals surface area contributed by atoms with Gasteiger partial charge in [0.05, 0.1) is 37.0 Å². The first-order valence-electron chi connectivity index (χ1n) is 20.4. The Bertz CT molecular complexity index is 2230. The van der Waals surface area contributed by atoms with E-state index in [4.69, 9.17) is 28.1 Å². The molecule has 0 fully saturated rings. The number of nitrogens with one attached hydrogen (secondary N) is 2. The van der Waals surface area contributed by atoms with Crippen LogP contribution in [0.25, 0.3) is 11.0 Å². The van der Waals surface area contributed by atoms with E-state index in [9.17, 15) is 28.8 Å². The lowest BCUT2D eigenvalue weighted by molar-refractivity contribution is -0.149. The van der Waals surface area contributed by atoms with Crippen molar-refractivity contribution in [3.63, 3.8) is 0 Å². The highest BCUT2D eigenvalue weighted by Gasteiger charge is 2.23. The Morgan fingerprint density at radius 3 is 2.10 bits per heavy atom. The zero-order valence-electron chi connectivity index (χ0n) is 36.6. The fourth-order valence-corrected chi connectivity index (χ4v) is 5.57. The van der Waals surface area contributed by atoms with Crippen LogP contribution in [0, 0.1) is 0 Å². The number of unbranched alkanes of at least 4 members (excludes halogenated alkanes) is 2. The summed E-state index contributed by atoms with van der Waals surface area (Å²) in [4.78, 5) is 82.5. The van der Waals surface area contributed by atoms with E-state index >= 15 is 0 Å². The van der Waals surface area contributed by atoms with Crippen molar-refractivity contribution in [2.24, 2.45) is 4.99 Å². The second-order valence-corrected chi connectivity index (χ2v) is 16.3. The van der Waals surface area contributed by atoms with Crippen LogP contribution in [0.3, 0.4) is 0 Å². The Morgan fingerprint density at radius 1 is 0.758 bits per heavy atom. The highest BCUT2D eigenvalue weighted by molar-refractivity contribution is 6.06. The van der Waals surface area contributed by atoms with E-state index in [1.165, 1.54) is 41.5 Å². The van der Waals surface area contributed by atoms with Crippen molar-refractivity contribution in [2.75, 3.05) is 25.1 Å². The van der Waals surface area contributed by atoms with Gasteiger partial charge in [-0.1, -0.05) is 38.8 Å². The number of hydrogen-bond donors (Lipinski definition) is 2. The van der Waals surface area contributed by atoms with Gasteiger partial charge in [-0.05, 0) is 108 Å². The summed E-state index contributed by atoms with van der Waals surface area (Å²) in [7, 11) is 0. The number of guanidine groups is 1. The molecule has 16 nitrogen and oxygen atoms in total. The number of esters is 3. The molecule has 1 aromatic heterocycles. The molecule has 4 aromatic rings. The van der Waals surface area contributed by atoms with Gasteiger partial charge in [0.25, 0.3) is 0 Å². The molecule has 4 rings (SSSR count). The van der Waals surface area contributed by atoms with Gasteiger partial charge >= 0.3 is 30.1 Å². The van der Waals surface area contributed by atoms with E-state index < -0.39 is 41.3 Å². The molecule has 3 amide bonds. The van der Waals surface area contributed by atoms with Gasteiger partial charge in [0.1, 0.15) is 29.1 Å². The van der Waals surface area contributed by atoms with Crippen molar-refractivity contribution in [1.82, 2.24) is 10.2 Å². The number of fused-ring (bicyclic) bond motifs is 1. The SMILES string of the molecule is CCCCOC(=O)CN(Cc1cccc(C(=O)OCCCC)c1)C(=O)Cc1coc2cc(OC(=O)c3ccc(N/C(=N/C(=O)OC(C)(C)C)NC(=O)OC(C)(C)C)cc3)ccc12. The predicted molar refractivity (Wildman–Crippen MR) is 231 cm³/mol. The average molecular weight is 857 g/mol. The van der Waals surface area contributed by atoms with Crippen LogP contribution < -0.4 is 15.4 Å². The minimum Gasteiger partial charge on any atom is -0.464 e. The average Bonchev–Trinajstić information content (AvgIpc) is 3.58. The Morgan fingerprint density at radius 2 is 1.44 bits per heavy atom. The summed E-state index contributed by atoms with van der Waals surface area (Å²) >= 11 is 0. The molecule has 0 aliphatic rings. The third-order valence-electron chi connectivity index (χ3n) is 8.48. The van der Waals surface area contributed by atoms with Crippen LogP contribution in [0.4, 0.5) is 15.3 Å². The molecule has 3 aromatic carbocycles. The molecule has 0 saturated carbocycles. The summed E-state index contributed by atoms with van der Waals surface area (Å²) in [6, 6.07) is 17.5. The van der Waals surface area contributed by atoms with E-state index in [0.717, 1.165) is 19.3 Å². The first-order chi connectivity index (χ1) is 29.3. The van der Waals surface area contributed by atoms with Crippen LogP contribution in [-0.4, -0.2) is 77.8 Å². The van der Waals surface area contributed by atoms with Crippen LogP contribution >= 0.6 is 0 Å². The van der Waals surface area contributed by atoms with Gasteiger partial charge in [-0.3, -0.25) is 14.9 Å². The molecule has 0 bridgehead atoms. The maximum atomic E-state index is 13.8. The number of nitrogens with zero attached hydrogens (tertiary/aromatic N) is 2. The predicted octanol–water partition coefficient (Wildman–Crippen LogP) is 8.75. The van der Waals surface area contributed by atoms with Crippen LogP contribution in [0.15, 0.2) is 82.4 Å². The zero-order chi connectivity index (χ0) is 45.5. The number of anilines is 1. The van der Waals surface area contributed by atoms with Gasteiger partial charge in [0, 0.05) is 29.2 Å². The number of amides is 3. The molecule has 332 valence electrons. The standard InChI is InChI=1S/C46H56N4O12/c1-9-11-22-57-39(52)28-50(27-30-14-13-15-32(24-30)40(53)58-23-12-10-2)38(51)25-33-29-59-37-26-35(20-21-36(33)37)60-41(54)31-16-18-34(19-17-31)47-42(48-43(55)61-45(3,4)5)49-44(56)62-46(6,7)8/h13-21,24,26,29H,9-12,22-23,25,27-28H2,1-8H3,(H2,47,48,49,55,56). The van der Waals surface area contributed by atoms with Gasteiger partial charge in [0.2, 0.25) is 11.9 Å². The second kappa shape index (κ2) is 22.2. The summed E-state index contributed by atoms with van der Waals surface area (Å²) < 4.78 is 32.6. The number of hydrogen-bond acceptors (Lipinski definition) is 12. The van der Waals surface area contributed by atoms with Crippen LogP contribution in [0.2, 0.25) is 0 Å². The van der Waals surface area contributed by atoms with E-state index in [2.05, 4.69) is 15.6 Å². The van der Waals surface area contributed by atoms with Gasteiger partial charge in [0.15, 0.2) is 0 Å². The number of carbonyl (C=O) groups is 6. The largest absolute Gasteiger partial charge is 0.464 e. The van der Waals surface area contributed by atoms with Gasteiger partial charge in [-0.2, -0.15) is 0 Å². The Labute approximate surface area is 361 Å². The number of ether oxygens (including phenoxy) is 5. The number of benzene rings is 3. The lowest BCUT2D eigenvalue weighted by Gasteiger charge is -2.22. The lowest BCUT2D eigenvalue weighted by Crippen LogP contribution is -2.40. The van der Waals surface area contributed by atoms with Crippen LogP contribution in [0.1, 0.15) is 113 Å². The zero-order valence-corrected chi connectivity index (χ0v) is 36.6.